The Morgan fingerprint density at radius 3 is 2.89 bits per heavy atom. The van der Waals surface area contributed by atoms with E-state index in [9.17, 15) is 4.79 Å². The second-order valence-corrected chi connectivity index (χ2v) is 7.32. The molecular formula is C19H15BrN6O. The smallest absolute Gasteiger partial charge is 0.274 e. The summed E-state index contributed by atoms with van der Waals surface area (Å²) < 4.78 is 4.66. The first kappa shape index (κ1) is 16.2. The van der Waals surface area contributed by atoms with Crippen molar-refractivity contribution in [1.29, 1.82) is 0 Å². The van der Waals surface area contributed by atoms with E-state index in [1.54, 1.807) is 29.2 Å². The molecule has 1 amide bonds. The summed E-state index contributed by atoms with van der Waals surface area (Å²) in [6, 6.07) is 11.7. The van der Waals surface area contributed by atoms with Crippen molar-refractivity contribution < 1.29 is 4.79 Å². The van der Waals surface area contributed by atoms with E-state index >= 15 is 0 Å². The minimum absolute atomic E-state index is 0.0801. The largest absolute Gasteiger partial charge is 0.340 e. The van der Waals surface area contributed by atoms with E-state index in [4.69, 9.17) is 0 Å². The molecule has 0 saturated carbocycles. The van der Waals surface area contributed by atoms with Gasteiger partial charge in [-0.05, 0) is 40.2 Å². The highest BCUT2D eigenvalue weighted by Crippen LogP contribution is 2.25. The maximum atomic E-state index is 12.9. The Kier molecular flexibility index (Phi) is 3.78. The third kappa shape index (κ3) is 2.82. The summed E-state index contributed by atoms with van der Waals surface area (Å²) >= 11 is 3.37. The molecule has 0 saturated heterocycles. The highest BCUT2D eigenvalue weighted by atomic mass is 79.9. The Hall–Kier alpha value is -3.00. The molecule has 0 fully saturated rings. The quantitative estimate of drug-likeness (QED) is 0.497. The van der Waals surface area contributed by atoms with Gasteiger partial charge in [0.05, 0.1) is 22.4 Å². The van der Waals surface area contributed by atoms with Crippen LogP contribution in [0.5, 0.6) is 0 Å². The van der Waals surface area contributed by atoms with Crippen LogP contribution in [0.4, 0.5) is 0 Å². The van der Waals surface area contributed by atoms with E-state index < -0.39 is 0 Å². The number of carbonyl (C=O) groups is 1. The third-order valence-corrected chi connectivity index (χ3v) is 5.14. The van der Waals surface area contributed by atoms with Crippen LogP contribution in [0.3, 0.4) is 0 Å². The highest BCUT2D eigenvalue weighted by molar-refractivity contribution is 9.10. The van der Waals surface area contributed by atoms with Crippen LogP contribution >= 0.6 is 15.9 Å². The summed E-state index contributed by atoms with van der Waals surface area (Å²) in [4.78, 5) is 23.5. The van der Waals surface area contributed by atoms with Gasteiger partial charge in [-0.2, -0.15) is 5.10 Å². The van der Waals surface area contributed by atoms with Crippen LogP contribution in [-0.4, -0.2) is 41.5 Å². The van der Waals surface area contributed by atoms with Crippen molar-refractivity contribution >= 4 is 27.5 Å². The molecule has 0 aromatic carbocycles. The molecule has 0 atom stereocenters. The SMILES string of the molecule is O=C(c1cc2ncc(Br)cn2n1)N1CCn2c(ccc2-c2ccccn2)C1. The van der Waals surface area contributed by atoms with E-state index in [-0.39, 0.29) is 5.91 Å². The molecule has 7 nitrogen and oxygen atoms in total. The summed E-state index contributed by atoms with van der Waals surface area (Å²) in [7, 11) is 0. The fraction of sp³-hybridized carbons (Fsp3) is 0.158. The van der Waals surface area contributed by atoms with E-state index in [0.717, 1.165) is 28.1 Å². The molecule has 1 aliphatic heterocycles. The highest BCUT2D eigenvalue weighted by Gasteiger charge is 2.25. The van der Waals surface area contributed by atoms with Crippen molar-refractivity contribution in [2.75, 3.05) is 6.54 Å². The lowest BCUT2D eigenvalue weighted by Gasteiger charge is -2.29. The normalized spacial score (nSPS) is 13.7. The van der Waals surface area contributed by atoms with Gasteiger partial charge in [0.15, 0.2) is 11.3 Å². The summed E-state index contributed by atoms with van der Waals surface area (Å²) in [5, 5.41) is 4.37. The maximum Gasteiger partial charge on any atom is 0.274 e. The molecule has 0 radical (unpaired) electrons. The number of rotatable bonds is 2. The second kappa shape index (κ2) is 6.31. The molecule has 0 spiro atoms. The molecule has 0 unspecified atom stereocenters. The zero-order chi connectivity index (χ0) is 18.4. The first-order valence-electron chi connectivity index (χ1n) is 8.59. The number of nitrogens with zero attached hydrogens (tertiary/aromatic N) is 6. The molecule has 0 bridgehead atoms. The van der Waals surface area contributed by atoms with Gasteiger partial charge in [-0.15, -0.1) is 0 Å². The molecule has 4 aromatic rings. The van der Waals surface area contributed by atoms with Crippen molar-refractivity contribution in [2.45, 2.75) is 13.1 Å². The number of hydrogen-bond acceptors (Lipinski definition) is 4. The topological polar surface area (TPSA) is 68.3 Å². The van der Waals surface area contributed by atoms with Gasteiger partial charge in [0, 0.05) is 43.4 Å². The zero-order valence-electron chi connectivity index (χ0n) is 14.3. The van der Waals surface area contributed by atoms with Gasteiger partial charge in [-0.25, -0.2) is 9.50 Å². The van der Waals surface area contributed by atoms with Crippen molar-refractivity contribution in [1.82, 2.24) is 29.0 Å². The molecule has 8 heteroatoms. The van der Waals surface area contributed by atoms with Crippen LogP contribution in [0.2, 0.25) is 0 Å². The number of carbonyl (C=O) groups excluding carboxylic acids is 1. The molecule has 4 aromatic heterocycles. The Morgan fingerprint density at radius 1 is 1.11 bits per heavy atom. The van der Waals surface area contributed by atoms with Crippen molar-refractivity contribution in [2.24, 2.45) is 0 Å². The van der Waals surface area contributed by atoms with Gasteiger partial charge in [-0.1, -0.05) is 6.07 Å². The van der Waals surface area contributed by atoms with Crippen LogP contribution in [0.25, 0.3) is 17.0 Å². The summed E-state index contributed by atoms with van der Waals surface area (Å²) in [6.45, 7) is 1.92. The van der Waals surface area contributed by atoms with Crippen LogP contribution in [0.15, 0.2) is 59.5 Å². The second-order valence-electron chi connectivity index (χ2n) is 6.41. The number of aromatic nitrogens is 5. The molecule has 27 heavy (non-hydrogen) atoms. The Balaban J connectivity index is 1.42. The fourth-order valence-corrected chi connectivity index (χ4v) is 3.74. The van der Waals surface area contributed by atoms with Gasteiger partial charge >= 0.3 is 0 Å². The van der Waals surface area contributed by atoms with Crippen molar-refractivity contribution in [3.63, 3.8) is 0 Å². The van der Waals surface area contributed by atoms with E-state index in [2.05, 4.69) is 47.7 Å². The van der Waals surface area contributed by atoms with E-state index in [1.165, 1.54) is 0 Å². The molecule has 1 aliphatic rings. The van der Waals surface area contributed by atoms with Gasteiger partial charge in [0.25, 0.3) is 5.91 Å². The van der Waals surface area contributed by atoms with Crippen LogP contribution in [-0.2, 0) is 13.1 Å². The molecular weight excluding hydrogens is 408 g/mol. The van der Waals surface area contributed by atoms with Gasteiger partial charge < -0.3 is 9.47 Å². The summed E-state index contributed by atoms with van der Waals surface area (Å²) in [6.07, 6.45) is 5.28. The monoisotopic (exact) mass is 422 g/mol. The summed E-state index contributed by atoms with van der Waals surface area (Å²) in [5.41, 5.74) is 4.19. The summed E-state index contributed by atoms with van der Waals surface area (Å²) in [5.74, 6) is -0.0801. The predicted molar refractivity (Wildman–Crippen MR) is 103 cm³/mol. The number of halogens is 1. The first-order chi connectivity index (χ1) is 13.2. The standard InChI is InChI=1S/C19H15BrN6O/c20-13-10-22-18-9-16(23-26(18)11-13)19(27)24-7-8-25-14(12-24)4-5-17(25)15-3-1-2-6-21-15/h1-6,9-11H,7-8,12H2. The van der Waals surface area contributed by atoms with Gasteiger partial charge in [0.1, 0.15) is 0 Å². The third-order valence-electron chi connectivity index (χ3n) is 4.73. The van der Waals surface area contributed by atoms with E-state index in [0.29, 0.717) is 24.4 Å². The van der Waals surface area contributed by atoms with Crippen molar-refractivity contribution in [3.05, 3.63) is 70.8 Å². The lowest BCUT2D eigenvalue weighted by Crippen LogP contribution is -2.38. The lowest BCUT2D eigenvalue weighted by molar-refractivity contribution is 0.0705. The Morgan fingerprint density at radius 2 is 2.04 bits per heavy atom. The number of amides is 1. The minimum atomic E-state index is -0.0801. The van der Waals surface area contributed by atoms with Gasteiger partial charge in [-0.3, -0.25) is 9.78 Å². The molecule has 0 N–H and O–H groups in total. The maximum absolute atomic E-state index is 12.9. The van der Waals surface area contributed by atoms with Crippen molar-refractivity contribution in [3.8, 4) is 11.4 Å². The fourth-order valence-electron chi connectivity index (χ4n) is 3.44. The van der Waals surface area contributed by atoms with Crippen LogP contribution in [0, 0.1) is 0 Å². The average molecular weight is 423 g/mol. The predicted octanol–water partition coefficient (Wildman–Crippen LogP) is 3.01. The Bertz CT molecular complexity index is 1150. The lowest BCUT2D eigenvalue weighted by atomic mass is 10.2. The van der Waals surface area contributed by atoms with Crippen LogP contribution < -0.4 is 0 Å². The van der Waals surface area contributed by atoms with Gasteiger partial charge in [0.2, 0.25) is 0 Å². The number of hydrogen-bond donors (Lipinski definition) is 0. The first-order valence-corrected chi connectivity index (χ1v) is 9.38. The number of fused-ring (bicyclic) bond motifs is 2. The Labute approximate surface area is 163 Å². The molecule has 134 valence electrons. The molecule has 5 heterocycles. The van der Waals surface area contributed by atoms with Crippen LogP contribution in [0.1, 0.15) is 16.2 Å². The van der Waals surface area contributed by atoms with E-state index in [1.807, 2.05) is 23.1 Å². The average Bonchev–Trinajstić information content (AvgIpc) is 3.31. The molecule has 0 aliphatic carbocycles. The molecule has 5 rings (SSSR count). The zero-order valence-corrected chi connectivity index (χ0v) is 15.9. The number of pyridine rings is 1. The minimum Gasteiger partial charge on any atom is -0.340 e.